The molecule has 4 aromatic carbocycles. The molecule has 0 N–H and O–H groups in total. The largest absolute Gasteiger partial charge is 0.499 e. The van der Waals surface area contributed by atoms with Crippen molar-refractivity contribution in [1.29, 1.82) is 0 Å². The van der Waals surface area contributed by atoms with Crippen LogP contribution in [0.3, 0.4) is 0 Å². The summed E-state index contributed by atoms with van der Waals surface area (Å²) in [5.41, 5.74) is 19.3. The molecule has 0 spiro atoms. The molecule has 0 saturated heterocycles. The van der Waals surface area contributed by atoms with Gasteiger partial charge in [0.25, 0.3) is 0 Å². The summed E-state index contributed by atoms with van der Waals surface area (Å²) in [5.74, 6) is 7.94. The number of hydrogen-bond acceptors (Lipinski definition) is 7. The van der Waals surface area contributed by atoms with Crippen molar-refractivity contribution < 1.29 is 24.5 Å². The second-order valence-corrected chi connectivity index (χ2v) is 28.6. The third-order valence-electron chi connectivity index (χ3n) is 12.1. The quantitative estimate of drug-likeness (QED) is 0.116. The molecule has 0 saturated carbocycles. The van der Waals surface area contributed by atoms with Crippen LogP contribution in [0.2, 0.25) is 17.3 Å². The minimum atomic E-state index is -2.05. The van der Waals surface area contributed by atoms with Gasteiger partial charge in [0.15, 0.2) is 0 Å². The molecule has 0 unspecified atom stereocenters. The molecular weight excluding hydrogens is 1080 g/mol. The fourth-order valence-electron chi connectivity index (χ4n) is 9.14. The number of para-hydroxylation sites is 1. The van der Waals surface area contributed by atoms with Crippen LogP contribution >= 0.6 is 0 Å². The maximum atomic E-state index is 6.47. The van der Waals surface area contributed by atoms with Gasteiger partial charge in [0.1, 0.15) is 0 Å². The van der Waals surface area contributed by atoms with Crippen molar-refractivity contribution in [3.8, 4) is 61.7 Å². The van der Waals surface area contributed by atoms with Crippen molar-refractivity contribution >= 4 is 50.9 Å². The summed E-state index contributed by atoms with van der Waals surface area (Å²) in [5, 5.41) is 0.908. The fraction of sp³-hybridized carbons (Fsp3) is 0.138. The number of aromatic nitrogens is 7. The van der Waals surface area contributed by atoms with Crippen molar-refractivity contribution in [3.05, 3.63) is 193 Å². The number of aryl methyl sites for hydroxylation is 5. The van der Waals surface area contributed by atoms with Crippen LogP contribution in [-0.2, 0) is 20.1 Å². The number of fused-ring (bicyclic) bond motifs is 4. The average Bonchev–Trinajstić information content (AvgIpc) is 3.91. The number of imidazole rings is 1. The molecule has 337 valence electrons. The van der Waals surface area contributed by atoms with E-state index in [0.717, 1.165) is 95.0 Å². The van der Waals surface area contributed by atoms with Gasteiger partial charge in [-0.15, -0.1) is 11.6 Å². The smallest absolute Gasteiger partial charge is 0.215 e. The third-order valence-corrected chi connectivity index (χ3v) is 16.3. The van der Waals surface area contributed by atoms with E-state index in [0.29, 0.717) is 17.1 Å². The van der Waals surface area contributed by atoms with Gasteiger partial charge in [-0.2, -0.15) is 0 Å². The summed E-state index contributed by atoms with van der Waals surface area (Å²) in [6, 6.07) is 52.7. The predicted octanol–water partition coefficient (Wildman–Crippen LogP) is 13.6. The van der Waals surface area contributed by atoms with Crippen molar-refractivity contribution in [2.45, 2.75) is 51.9 Å². The van der Waals surface area contributed by atoms with E-state index >= 15 is 0 Å². The minimum absolute atomic E-state index is 0. The van der Waals surface area contributed by atoms with Crippen LogP contribution in [0.4, 0.5) is 0 Å². The molecule has 7 aromatic heterocycles. The van der Waals surface area contributed by atoms with Crippen LogP contribution in [0.25, 0.3) is 94.9 Å². The summed E-state index contributed by atoms with van der Waals surface area (Å²) in [4.78, 5) is 28.6. The van der Waals surface area contributed by atoms with E-state index < -0.39 is 13.3 Å². The SMILES string of the molecule is Cc1cc(-c2cc(-c3[c-]cccc3)nc[c]2[Ge]([CH3])([CH3])[CH3])cc(C)n1.Cc1cc(C)c2c(n1)oc1c(-c3nc4ccnc(C)c4n3-c3c(-c4ccccc4)cccc3-c3ccccc3)[c-]cnc12.[Ir]. The Hall–Kier alpha value is -6.91. The van der Waals surface area contributed by atoms with E-state index in [1.807, 2.05) is 56.4 Å². The van der Waals surface area contributed by atoms with Crippen molar-refractivity contribution in [3.63, 3.8) is 0 Å². The summed E-state index contributed by atoms with van der Waals surface area (Å²) in [6.07, 6.45) is 5.61. The van der Waals surface area contributed by atoms with Gasteiger partial charge in [-0.3, -0.25) is 15.0 Å². The van der Waals surface area contributed by atoms with Gasteiger partial charge in [-0.25, -0.2) is 4.98 Å². The Labute approximate surface area is 413 Å². The standard InChI is InChI=1S/C37H26N5O.C21H23GeN2.Ir/c1-22-21-23(2)40-37-31(22)32-35(43-37)29(17-19-39-32)36-41-30-18-20-38-24(3)33(30)42(36)34-27(25-11-6-4-7-12-25)15-10-16-28(34)26-13-8-5-9-14-26;1-15-11-18(12-16(2)24-15)19-13-21(17-9-7-6-8-10-17)23-14-20(19)22(3,4)5;/h4-16,18-21H,1-3H3;6-9,11-14H,1-5H3;/q2*-1;. The van der Waals surface area contributed by atoms with Crippen molar-refractivity contribution in [1.82, 2.24) is 34.5 Å². The van der Waals surface area contributed by atoms with Crippen molar-refractivity contribution in [2.24, 2.45) is 0 Å². The van der Waals surface area contributed by atoms with E-state index in [2.05, 4.69) is 163 Å². The summed E-state index contributed by atoms with van der Waals surface area (Å²) in [7, 11) is 0. The molecule has 0 aliphatic rings. The van der Waals surface area contributed by atoms with Gasteiger partial charge in [0.05, 0.1) is 38.9 Å². The Bertz CT molecular complexity index is 3540. The Morgan fingerprint density at radius 3 is 1.91 bits per heavy atom. The predicted molar refractivity (Wildman–Crippen MR) is 275 cm³/mol. The zero-order valence-corrected chi connectivity index (χ0v) is 43.8. The zero-order chi connectivity index (χ0) is 46.4. The molecule has 7 heterocycles. The maximum Gasteiger partial charge on any atom is 0.215 e. The number of furan rings is 1. The molecule has 8 nitrogen and oxygen atoms in total. The van der Waals surface area contributed by atoms with E-state index in [9.17, 15) is 0 Å². The van der Waals surface area contributed by atoms with E-state index in [1.165, 1.54) is 15.5 Å². The second-order valence-electron chi connectivity index (χ2n) is 18.1. The number of rotatable bonds is 7. The second kappa shape index (κ2) is 19.0. The molecule has 1 radical (unpaired) electrons. The molecule has 0 aliphatic heterocycles. The Morgan fingerprint density at radius 2 is 1.26 bits per heavy atom. The topological polar surface area (TPSA) is 95.4 Å². The molecule has 11 rings (SSSR count). The Balaban J connectivity index is 0.000000197. The molecule has 68 heavy (non-hydrogen) atoms. The van der Waals surface area contributed by atoms with Gasteiger partial charge in [-0.1, -0.05) is 78.9 Å². The van der Waals surface area contributed by atoms with E-state index in [-0.39, 0.29) is 20.1 Å². The molecular formula is C58H49GeIrN7O-2. The first-order valence-electron chi connectivity index (χ1n) is 22.5. The van der Waals surface area contributed by atoms with Gasteiger partial charge in [-0.05, 0) is 55.8 Å². The van der Waals surface area contributed by atoms with Crippen LogP contribution in [0, 0.1) is 46.8 Å². The van der Waals surface area contributed by atoms with Crippen LogP contribution in [-0.4, -0.2) is 47.7 Å². The average molecular weight is 1120 g/mol. The van der Waals surface area contributed by atoms with Crippen LogP contribution in [0.5, 0.6) is 0 Å². The van der Waals surface area contributed by atoms with E-state index in [4.69, 9.17) is 29.3 Å². The first kappa shape index (κ1) is 46.2. The molecule has 0 bridgehead atoms. The number of benzene rings is 4. The normalized spacial score (nSPS) is 11.4. The number of hydrogen-bond donors (Lipinski definition) is 0. The van der Waals surface area contributed by atoms with Crippen LogP contribution in [0.15, 0.2) is 156 Å². The summed E-state index contributed by atoms with van der Waals surface area (Å²) < 4.78 is 10.1. The van der Waals surface area contributed by atoms with Crippen LogP contribution in [0.1, 0.15) is 28.3 Å². The Morgan fingerprint density at radius 1 is 0.603 bits per heavy atom. The number of nitrogens with zero attached hydrogens (tertiary/aromatic N) is 7. The summed E-state index contributed by atoms with van der Waals surface area (Å²) >= 11 is -2.05. The van der Waals surface area contributed by atoms with E-state index in [1.54, 1.807) is 6.20 Å². The Kier molecular flexibility index (Phi) is 12.9. The molecule has 10 heteroatoms. The molecule has 0 atom stereocenters. The van der Waals surface area contributed by atoms with Gasteiger partial charge < -0.3 is 8.98 Å². The van der Waals surface area contributed by atoms with Gasteiger partial charge in [0, 0.05) is 48.9 Å². The summed E-state index contributed by atoms with van der Waals surface area (Å²) in [6.45, 7) is 10.2. The third kappa shape index (κ3) is 8.85. The number of pyridine rings is 5. The maximum absolute atomic E-state index is 6.47. The fourth-order valence-corrected chi connectivity index (χ4v) is 12.2. The molecule has 0 fully saturated rings. The minimum Gasteiger partial charge on any atom is -0.499 e. The first-order chi connectivity index (χ1) is 32.4. The molecule has 0 aliphatic carbocycles. The molecule has 0 amide bonds. The van der Waals surface area contributed by atoms with Crippen molar-refractivity contribution in [2.75, 3.05) is 0 Å². The van der Waals surface area contributed by atoms with Gasteiger partial charge in [0.2, 0.25) is 5.71 Å². The zero-order valence-electron chi connectivity index (χ0n) is 39.3. The van der Waals surface area contributed by atoms with Crippen LogP contribution < -0.4 is 4.40 Å². The monoisotopic (exact) mass is 1130 g/mol. The first-order valence-corrected chi connectivity index (χ1v) is 29.9. The van der Waals surface area contributed by atoms with Gasteiger partial charge >= 0.3 is 147 Å². The molecule has 11 aromatic rings.